The molecule has 1 aromatic heterocycles. The molecule has 25 heavy (non-hydrogen) atoms. The molecular weight excluding hydrogens is 316 g/mol. The van der Waals surface area contributed by atoms with Crippen LogP contribution in [-0.2, 0) is 13.1 Å². The number of oxazole rings is 1. The van der Waals surface area contributed by atoms with E-state index in [0.717, 1.165) is 37.7 Å². The van der Waals surface area contributed by atoms with Crippen LogP contribution in [0.3, 0.4) is 0 Å². The van der Waals surface area contributed by atoms with Gasteiger partial charge in [-0.2, -0.15) is 0 Å². The molecule has 134 valence electrons. The number of aryl methyl sites for hydroxylation is 1. The number of likely N-dealkylation sites (N-methyl/N-ethyl adjacent to an activating group) is 1. The lowest BCUT2D eigenvalue weighted by molar-refractivity contribution is 0.0963. The number of rotatable bonds is 6. The third kappa shape index (κ3) is 4.46. The summed E-state index contributed by atoms with van der Waals surface area (Å²) in [5.41, 5.74) is 1.87. The van der Waals surface area contributed by atoms with Crippen LogP contribution in [0, 0.1) is 6.92 Å². The van der Waals surface area contributed by atoms with Crippen molar-refractivity contribution in [1.82, 2.24) is 20.1 Å². The third-order valence-corrected chi connectivity index (χ3v) is 4.72. The number of nitrogens with one attached hydrogen (secondary N) is 1. The van der Waals surface area contributed by atoms with Gasteiger partial charge in [0.05, 0.1) is 12.7 Å². The van der Waals surface area contributed by atoms with Crippen molar-refractivity contribution in [3.05, 3.63) is 53.2 Å². The fourth-order valence-electron chi connectivity index (χ4n) is 3.31. The van der Waals surface area contributed by atoms with Crippen LogP contribution in [-0.4, -0.2) is 53.9 Å². The smallest absolute Gasteiger partial charge is 0.251 e. The van der Waals surface area contributed by atoms with Gasteiger partial charge in [-0.15, -0.1) is 0 Å². The van der Waals surface area contributed by atoms with Gasteiger partial charge < -0.3 is 14.6 Å². The first-order chi connectivity index (χ1) is 12.0. The molecule has 1 saturated heterocycles. The molecule has 0 spiro atoms. The quantitative estimate of drug-likeness (QED) is 0.871. The summed E-state index contributed by atoms with van der Waals surface area (Å²) in [6, 6.07) is 8.29. The van der Waals surface area contributed by atoms with Crippen molar-refractivity contribution >= 4 is 5.91 Å². The zero-order valence-electron chi connectivity index (χ0n) is 15.2. The van der Waals surface area contributed by atoms with Gasteiger partial charge in [-0.3, -0.25) is 9.69 Å². The summed E-state index contributed by atoms with van der Waals surface area (Å²) in [4.78, 5) is 20.8. The van der Waals surface area contributed by atoms with Crippen LogP contribution >= 0.6 is 0 Å². The molecule has 0 saturated carbocycles. The number of hydrogen-bond donors (Lipinski definition) is 1. The van der Waals surface area contributed by atoms with E-state index >= 15 is 0 Å². The Kier molecular flexibility index (Phi) is 5.50. The van der Waals surface area contributed by atoms with Crippen LogP contribution in [0.25, 0.3) is 0 Å². The minimum absolute atomic E-state index is 0.0592. The zero-order chi connectivity index (χ0) is 17.8. The summed E-state index contributed by atoms with van der Waals surface area (Å²) < 4.78 is 5.68. The number of hydrogen-bond acceptors (Lipinski definition) is 5. The number of carbonyl (C=O) groups is 1. The van der Waals surface area contributed by atoms with Crippen molar-refractivity contribution in [2.75, 3.05) is 27.2 Å². The molecule has 1 aromatic carbocycles. The Morgan fingerprint density at radius 2 is 2.12 bits per heavy atom. The minimum Gasteiger partial charge on any atom is -0.445 e. The lowest BCUT2D eigenvalue weighted by Gasteiger charge is -2.27. The van der Waals surface area contributed by atoms with Crippen LogP contribution in [0.5, 0.6) is 0 Å². The van der Waals surface area contributed by atoms with E-state index in [1.54, 1.807) is 13.2 Å². The highest BCUT2D eigenvalue weighted by Gasteiger charge is 2.27. The number of amides is 1. The Balaban J connectivity index is 1.73. The molecule has 1 aliphatic heterocycles. The maximum Gasteiger partial charge on any atom is 0.251 e. The van der Waals surface area contributed by atoms with E-state index in [2.05, 4.69) is 27.1 Å². The van der Waals surface area contributed by atoms with E-state index in [-0.39, 0.29) is 5.91 Å². The monoisotopic (exact) mass is 342 g/mol. The van der Waals surface area contributed by atoms with Gasteiger partial charge in [0.25, 0.3) is 5.91 Å². The Bertz CT molecular complexity index is 710. The van der Waals surface area contributed by atoms with Crippen molar-refractivity contribution in [2.24, 2.45) is 0 Å². The summed E-state index contributed by atoms with van der Waals surface area (Å²) >= 11 is 0. The molecule has 2 aromatic rings. The van der Waals surface area contributed by atoms with Gasteiger partial charge in [-0.1, -0.05) is 12.1 Å². The lowest BCUT2D eigenvalue weighted by atomic mass is 10.1. The topological polar surface area (TPSA) is 61.6 Å². The molecule has 1 fully saturated rings. The van der Waals surface area contributed by atoms with Crippen LogP contribution in [0.4, 0.5) is 0 Å². The molecule has 0 aliphatic carbocycles. The van der Waals surface area contributed by atoms with E-state index < -0.39 is 0 Å². The zero-order valence-corrected chi connectivity index (χ0v) is 15.2. The average Bonchev–Trinajstić information content (AvgIpc) is 3.22. The maximum absolute atomic E-state index is 11.7. The average molecular weight is 342 g/mol. The highest BCUT2D eigenvalue weighted by Crippen LogP contribution is 2.20. The molecule has 1 N–H and O–H groups in total. The number of aromatic nitrogens is 1. The molecule has 0 radical (unpaired) electrons. The van der Waals surface area contributed by atoms with Gasteiger partial charge in [0, 0.05) is 31.7 Å². The Labute approximate surface area is 148 Å². The van der Waals surface area contributed by atoms with Crippen LogP contribution < -0.4 is 5.32 Å². The van der Waals surface area contributed by atoms with Gasteiger partial charge in [0.1, 0.15) is 5.76 Å². The second-order valence-electron chi connectivity index (χ2n) is 6.75. The molecule has 6 nitrogen and oxygen atoms in total. The van der Waals surface area contributed by atoms with E-state index in [1.165, 1.54) is 5.56 Å². The number of nitrogens with zero attached hydrogens (tertiary/aromatic N) is 3. The van der Waals surface area contributed by atoms with Crippen molar-refractivity contribution in [2.45, 2.75) is 32.5 Å². The molecule has 1 unspecified atom stereocenters. The molecule has 1 atom stereocenters. The summed E-state index contributed by atoms with van der Waals surface area (Å²) in [6.07, 6.45) is 2.92. The Morgan fingerprint density at radius 1 is 1.36 bits per heavy atom. The van der Waals surface area contributed by atoms with Crippen LogP contribution in [0.2, 0.25) is 0 Å². The van der Waals surface area contributed by atoms with Crippen molar-refractivity contribution < 1.29 is 9.21 Å². The van der Waals surface area contributed by atoms with Crippen molar-refractivity contribution in [3.63, 3.8) is 0 Å². The van der Waals surface area contributed by atoms with E-state index in [1.807, 2.05) is 31.2 Å². The molecule has 1 amide bonds. The normalized spacial score (nSPS) is 18.0. The van der Waals surface area contributed by atoms with Gasteiger partial charge >= 0.3 is 0 Å². The van der Waals surface area contributed by atoms with Crippen molar-refractivity contribution in [1.29, 1.82) is 0 Å². The van der Waals surface area contributed by atoms with Gasteiger partial charge in [0.2, 0.25) is 5.89 Å². The van der Waals surface area contributed by atoms with Gasteiger partial charge in [-0.05, 0) is 44.6 Å². The molecular formula is C19H26N4O2. The molecule has 6 heteroatoms. The van der Waals surface area contributed by atoms with E-state index in [9.17, 15) is 4.79 Å². The fraction of sp³-hybridized carbons (Fsp3) is 0.474. The second kappa shape index (κ2) is 7.80. The molecule has 2 heterocycles. The third-order valence-electron chi connectivity index (χ3n) is 4.72. The summed E-state index contributed by atoms with van der Waals surface area (Å²) in [5, 5.41) is 2.65. The largest absolute Gasteiger partial charge is 0.445 e. The molecule has 0 bridgehead atoms. The Morgan fingerprint density at radius 3 is 2.68 bits per heavy atom. The number of likely N-dealkylation sites (tertiary alicyclic amines) is 1. The second-order valence-corrected chi connectivity index (χ2v) is 6.75. The Hall–Kier alpha value is -2.18. The first-order valence-electron chi connectivity index (χ1n) is 8.70. The maximum atomic E-state index is 11.7. The fourth-order valence-corrected chi connectivity index (χ4v) is 3.31. The lowest BCUT2D eigenvalue weighted by Crippen LogP contribution is -2.36. The first kappa shape index (κ1) is 17.6. The summed E-state index contributed by atoms with van der Waals surface area (Å²) in [5.74, 6) is 1.54. The van der Waals surface area contributed by atoms with E-state index in [4.69, 9.17) is 4.42 Å². The summed E-state index contributed by atoms with van der Waals surface area (Å²) in [6.45, 7) is 5.59. The molecule has 3 rings (SSSR count). The SMILES string of the molecule is CNC(=O)c1ccc(CN(Cc2ncc(C)o2)C2CCN(C)C2)cc1. The highest BCUT2D eigenvalue weighted by molar-refractivity contribution is 5.93. The summed E-state index contributed by atoms with van der Waals surface area (Å²) in [7, 11) is 3.80. The van der Waals surface area contributed by atoms with E-state index in [0.29, 0.717) is 18.2 Å². The minimum atomic E-state index is -0.0592. The van der Waals surface area contributed by atoms with Crippen molar-refractivity contribution in [3.8, 4) is 0 Å². The van der Waals surface area contributed by atoms with Gasteiger partial charge in [-0.25, -0.2) is 4.98 Å². The van der Waals surface area contributed by atoms with Crippen LogP contribution in [0.1, 0.15) is 34.0 Å². The number of carbonyl (C=O) groups excluding carboxylic acids is 1. The highest BCUT2D eigenvalue weighted by atomic mass is 16.4. The molecule has 1 aliphatic rings. The predicted octanol–water partition coefficient (Wildman–Crippen LogP) is 2.05. The standard InChI is InChI=1S/C19H26N4O2/c1-14-10-21-18(25-14)13-23(17-8-9-22(3)12-17)11-15-4-6-16(7-5-15)19(24)20-2/h4-7,10,17H,8-9,11-13H2,1-3H3,(H,20,24). The first-order valence-corrected chi connectivity index (χ1v) is 8.70. The van der Waals surface area contributed by atoms with Crippen LogP contribution in [0.15, 0.2) is 34.9 Å². The predicted molar refractivity (Wildman–Crippen MR) is 96.2 cm³/mol. The van der Waals surface area contributed by atoms with Gasteiger partial charge in [0.15, 0.2) is 0 Å². The number of benzene rings is 1.